The van der Waals surface area contributed by atoms with E-state index in [4.69, 9.17) is 4.74 Å². The van der Waals surface area contributed by atoms with E-state index >= 15 is 0 Å². The molecule has 0 N–H and O–H groups in total. The van der Waals surface area contributed by atoms with E-state index in [0.29, 0.717) is 6.61 Å². The Balaban J connectivity index is 2.99. The van der Waals surface area contributed by atoms with E-state index in [2.05, 4.69) is 0 Å². The molecule has 0 rings (SSSR count). The molecule has 0 aliphatic heterocycles. The van der Waals surface area contributed by atoms with Crippen LogP contribution in [-0.4, -0.2) is 23.4 Å². The Labute approximate surface area is 89.6 Å². The molecular weight excluding hydrogens is 200 g/mol. The average Bonchev–Trinajstić information content (AvgIpc) is 2.08. The third kappa shape index (κ3) is 11.5. The van der Waals surface area contributed by atoms with Gasteiger partial charge in [-0.25, -0.2) is 0 Å². The minimum absolute atomic E-state index is 0.185. The summed E-state index contributed by atoms with van der Waals surface area (Å²) in [4.78, 5) is 21.0. The monoisotopic (exact) mass is 218 g/mol. The van der Waals surface area contributed by atoms with Crippen LogP contribution in [0.4, 0.5) is 0 Å². The van der Waals surface area contributed by atoms with Crippen molar-refractivity contribution < 1.29 is 14.3 Å². The fourth-order valence-corrected chi connectivity index (χ4v) is 1.63. The first-order valence-electron chi connectivity index (χ1n) is 4.89. The molecule has 4 heteroatoms. The molecule has 82 valence electrons. The second kappa shape index (κ2) is 9.06. The van der Waals surface area contributed by atoms with Gasteiger partial charge < -0.3 is 4.74 Å². The van der Waals surface area contributed by atoms with E-state index in [1.807, 2.05) is 0 Å². The summed E-state index contributed by atoms with van der Waals surface area (Å²) in [5, 5.41) is 0.185. The van der Waals surface area contributed by atoms with Crippen molar-refractivity contribution in [2.45, 2.75) is 39.5 Å². The molecule has 0 aliphatic carbocycles. The Hall–Kier alpha value is -0.510. The highest BCUT2D eigenvalue weighted by molar-refractivity contribution is 8.13. The molecule has 0 spiro atoms. The SMILES string of the molecule is CC(=O)OCCCCCCSC(C)=O. The van der Waals surface area contributed by atoms with Crippen molar-refractivity contribution in [2.24, 2.45) is 0 Å². The van der Waals surface area contributed by atoms with Gasteiger partial charge in [-0.15, -0.1) is 0 Å². The third-order valence-corrected chi connectivity index (χ3v) is 2.55. The normalized spacial score (nSPS) is 9.86. The van der Waals surface area contributed by atoms with Gasteiger partial charge in [-0.05, 0) is 12.8 Å². The fraction of sp³-hybridized carbons (Fsp3) is 0.800. The van der Waals surface area contributed by atoms with Crippen LogP contribution in [0.15, 0.2) is 0 Å². The van der Waals surface area contributed by atoms with Crippen LogP contribution in [0.2, 0.25) is 0 Å². The van der Waals surface area contributed by atoms with Crippen LogP contribution >= 0.6 is 11.8 Å². The lowest BCUT2D eigenvalue weighted by molar-refractivity contribution is -0.141. The molecule has 3 nitrogen and oxygen atoms in total. The van der Waals surface area contributed by atoms with Gasteiger partial charge in [0.1, 0.15) is 0 Å². The van der Waals surface area contributed by atoms with E-state index in [9.17, 15) is 9.59 Å². The summed E-state index contributed by atoms with van der Waals surface area (Å²) in [5.41, 5.74) is 0. The Morgan fingerprint density at radius 3 is 2.29 bits per heavy atom. The van der Waals surface area contributed by atoms with Crippen molar-refractivity contribution in [3.63, 3.8) is 0 Å². The zero-order chi connectivity index (χ0) is 10.8. The number of hydrogen-bond acceptors (Lipinski definition) is 4. The maximum atomic E-state index is 10.6. The summed E-state index contributed by atoms with van der Waals surface area (Å²) in [6.45, 7) is 3.53. The van der Waals surface area contributed by atoms with E-state index < -0.39 is 0 Å². The topological polar surface area (TPSA) is 43.4 Å². The number of esters is 1. The largest absolute Gasteiger partial charge is 0.466 e. The van der Waals surface area contributed by atoms with Crippen molar-refractivity contribution >= 4 is 22.8 Å². The lowest BCUT2D eigenvalue weighted by Crippen LogP contribution is -2.00. The van der Waals surface area contributed by atoms with Gasteiger partial charge in [0.25, 0.3) is 0 Å². The molecule has 0 aromatic rings. The predicted octanol–water partition coefficient (Wildman–Crippen LogP) is 2.39. The predicted molar refractivity (Wildman–Crippen MR) is 58.2 cm³/mol. The van der Waals surface area contributed by atoms with Crippen LogP contribution in [0.5, 0.6) is 0 Å². The average molecular weight is 218 g/mol. The maximum absolute atomic E-state index is 10.6. The Morgan fingerprint density at radius 2 is 1.71 bits per heavy atom. The molecule has 0 heterocycles. The van der Waals surface area contributed by atoms with E-state index in [-0.39, 0.29) is 11.1 Å². The molecule has 14 heavy (non-hydrogen) atoms. The highest BCUT2D eigenvalue weighted by Crippen LogP contribution is 2.08. The summed E-state index contributed by atoms with van der Waals surface area (Å²) in [6.07, 6.45) is 4.14. The zero-order valence-corrected chi connectivity index (χ0v) is 9.69. The summed E-state index contributed by atoms with van der Waals surface area (Å²) in [5.74, 6) is 0.695. The molecule has 0 amide bonds. The summed E-state index contributed by atoms with van der Waals surface area (Å²) in [7, 11) is 0. The Kier molecular flexibility index (Phi) is 8.73. The molecular formula is C10H18O3S. The summed E-state index contributed by atoms with van der Waals surface area (Å²) >= 11 is 1.38. The quantitative estimate of drug-likeness (QED) is 0.486. The van der Waals surface area contributed by atoms with Gasteiger partial charge in [0.15, 0.2) is 5.12 Å². The van der Waals surface area contributed by atoms with Crippen molar-refractivity contribution in [2.75, 3.05) is 12.4 Å². The van der Waals surface area contributed by atoms with E-state index in [1.54, 1.807) is 6.92 Å². The molecule has 0 atom stereocenters. The third-order valence-electron chi connectivity index (χ3n) is 1.65. The molecule has 0 bridgehead atoms. The van der Waals surface area contributed by atoms with E-state index in [1.165, 1.54) is 18.7 Å². The maximum Gasteiger partial charge on any atom is 0.302 e. The van der Waals surface area contributed by atoms with Gasteiger partial charge in [-0.2, -0.15) is 0 Å². The molecule has 0 fully saturated rings. The molecule has 0 aromatic carbocycles. The Bertz CT molecular complexity index is 160. The molecule has 0 unspecified atom stereocenters. The number of ether oxygens (including phenoxy) is 1. The molecule has 0 saturated heterocycles. The lowest BCUT2D eigenvalue weighted by Gasteiger charge is -2.01. The summed E-state index contributed by atoms with van der Waals surface area (Å²) in [6, 6.07) is 0. The molecule has 0 aromatic heterocycles. The highest BCUT2D eigenvalue weighted by Gasteiger charge is 1.95. The summed E-state index contributed by atoms with van der Waals surface area (Å²) < 4.78 is 4.79. The van der Waals surface area contributed by atoms with Crippen molar-refractivity contribution in [1.82, 2.24) is 0 Å². The van der Waals surface area contributed by atoms with Crippen LogP contribution < -0.4 is 0 Å². The number of carbonyl (C=O) groups excluding carboxylic acids is 2. The van der Waals surface area contributed by atoms with Crippen LogP contribution in [-0.2, 0) is 14.3 Å². The van der Waals surface area contributed by atoms with Gasteiger partial charge in [-0.1, -0.05) is 24.6 Å². The smallest absolute Gasteiger partial charge is 0.302 e. The van der Waals surface area contributed by atoms with Crippen molar-refractivity contribution in [1.29, 1.82) is 0 Å². The van der Waals surface area contributed by atoms with Gasteiger partial charge >= 0.3 is 5.97 Å². The van der Waals surface area contributed by atoms with Crippen LogP contribution in [0.3, 0.4) is 0 Å². The van der Waals surface area contributed by atoms with Gasteiger partial charge in [0.2, 0.25) is 0 Å². The van der Waals surface area contributed by atoms with Crippen molar-refractivity contribution in [3.8, 4) is 0 Å². The standard InChI is InChI=1S/C10H18O3S/c1-9(11)13-7-5-3-4-6-8-14-10(2)12/h3-8H2,1-2H3. The highest BCUT2D eigenvalue weighted by atomic mass is 32.2. The van der Waals surface area contributed by atoms with Gasteiger partial charge in [-0.3, -0.25) is 9.59 Å². The zero-order valence-electron chi connectivity index (χ0n) is 8.88. The first-order chi connectivity index (χ1) is 6.63. The second-order valence-corrected chi connectivity index (χ2v) is 4.37. The van der Waals surface area contributed by atoms with Crippen LogP contribution in [0.25, 0.3) is 0 Å². The van der Waals surface area contributed by atoms with E-state index in [0.717, 1.165) is 31.4 Å². The van der Waals surface area contributed by atoms with Gasteiger partial charge in [0, 0.05) is 19.6 Å². The number of carbonyl (C=O) groups is 2. The molecule has 0 radical (unpaired) electrons. The Morgan fingerprint density at radius 1 is 1.07 bits per heavy atom. The number of rotatable bonds is 7. The lowest BCUT2D eigenvalue weighted by atomic mass is 10.2. The fourth-order valence-electron chi connectivity index (χ4n) is 0.989. The van der Waals surface area contributed by atoms with Gasteiger partial charge in [0.05, 0.1) is 6.61 Å². The number of thioether (sulfide) groups is 1. The number of hydrogen-bond donors (Lipinski definition) is 0. The van der Waals surface area contributed by atoms with Crippen molar-refractivity contribution in [3.05, 3.63) is 0 Å². The minimum atomic E-state index is -0.211. The van der Waals surface area contributed by atoms with Crippen LogP contribution in [0.1, 0.15) is 39.5 Å². The molecule has 0 saturated carbocycles. The number of unbranched alkanes of at least 4 members (excludes halogenated alkanes) is 3. The second-order valence-electron chi connectivity index (χ2n) is 3.09. The first kappa shape index (κ1) is 13.5. The first-order valence-corrected chi connectivity index (χ1v) is 5.88. The molecule has 0 aliphatic rings. The van der Waals surface area contributed by atoms with Crippen LogP contribution in [0, 0.1) is 0 Å². The minimum Gasteiger partial charge on any atom is -0.466 e.